The van der Waals surface area contributed by atoms with E-state index in [-0.39, 0.29) is 24.9 Å². The van der Waals surface area contributed by atoms with Crippen molar-refractivity contribution in [2.45, 2.75) is 13.5 Å². The maximum absolute atomic E-state index is 13.4. The zero-order valence-electron chi connectivity index (χ0n) is 12.3. The summed E-state index contributed by atoms with van der Waals surface area (Å²) >= 11 is 0. The van der Waals surface area contributed by atoms with Gasteiger partial charge in [-0.1, -0.05) is 47.6 Å². The number of hydrogen-bond acceptors (Lipinski definition) is 3. The minimum absolute atomic E-state index is 0.183. The minimum Gasteiger partial charge on any atom is -0.386 e. The van der Waals surface area contributed by atoms with Crippen LogP contribution in [-0.4, -0.2) is 18.7 Å². The molecule has 2 aromatic carbocycles. The molecule has 0 aromatic heterocycles. The van der Waals surface area contributed by atoms with Gasteiger partial charge in [0.2, 0.25) is 0 Å². The molecular formula is C17H17FN2O2. The lowest BCUT2D eigenvalue weighted by Crippen LogP contribution is -2.26. The van der Waals surface area contributed by atoms with E-state index in [4.69, 9.17) is 4.84 Å². The third-order valence-electron chi connectivity index (χ3n) is 3.00. The second kappa shape index (κ2) is 7.93. The first-order valence-electron chi connectivity index (χ1n) is 6.87. The zero-order valence-corrected chi connectivity index (χ0v) is 12.3. The maximum atomic E-state index is 13.4. The average molecular weight is 300 g/mol. The molecule has 0 spiro atoms. The predicted molar refractivity (Wildman–Crippen MR) is 83.0 cm³/mol. The number of nitrogens with zero attached hydrogens (tertiary/aromatic N) is 1. The summed E-state index contributed by atoms with van der Waals surface area (Å²) in [6.07, 6.45) is 1.53. The van der Waals surface area contributed by atoms with Crippen LogP contribution in [0.15, 0.2) is 53.7 Å². The minimum atomic E-state index is -0.314. The molecule has 0 saturated carbocycles. The number of amides is 1. The second-order valence-electron chi connectivity index (χ2n) is 4.78. The van der Waals surface area contributed by atoms with Gasteiger partial charge in [0.1, 0.15) is 5.82 Å². The Bertz CT molecular complexity index is 657. The summed E-state index contributed by atoms with van der Waals surface area (Å²) in [6.45, 7) is 1.76. The molecule has 0 bridgehead atoms. The Hall–Kier alpha value is -2.69. The van der Waals surface area contributed by atoms with E-state index >= 15 is 0 Å². The van der Waals surface area contributed by atoms with Crippen LogP contribution in [-0.2, 0) is 16.2 Å². The van der Waals surface area contributed by atoms with Gasteiger partial charge in [0.05, 0.1) is 6.21 Å². The average Bonchev–Trinajstić information content (AvgIpc) is 2.54. The fraction of sp³-hybridized carbons (Fsp3) is 0.176. The Kier molecular flexibility index (Phi) is 5.65. The van der Waals surface area contributed by atoms with Crippen molar-refractivity contribution in [1.29, 1.82) is 0 Å². The molecule has 0 unspecified atom stereocenters. The molecular weight excluding hydrogens is 283 g/mol. The van der Waals surface area contributed by atoms with E-state index in [0.717, 1.165) is 5.56 Å². The highest BCUT2D eigenvalue weighted by molar-refractivity contribution is 5.79. The first kappa shape index (κ1) is 15.7. The van der Waals surface area contributed by atoms with Crippen LogP contribution in [0.2, 0.25) is 0 Å². The van der Waals surface area contributed by atoms with Crippen molar-refractivity contribution < 1.29 is 14.0 Å². The van der Waals surface area contributed by atoms with Gasteiger partial charge in [-0.3, -0.25) is 4.79 Å². The van der Waals surface area contributed by atoms with Gasteiger partial charge in [0.15, 0.2) is 6.61 Å². The summed E-state index contributed by atoms with van der Waals surface area (Å²) in [5.74, 6) is -0.596. The van der Waals surface area contributed by atoms with Crippen LogP contribution in [0, 0.1) is 12.7 Å². The number of aryl methyl sites for hydroxylation is 1. The largest absolute Gasteiger partial charge is 0.386 e. The van der Waals surface area contributed by atoms with Crippen LogP contribution >= 0.6 is 0 Å². The summed E-state index contributed by atoms with van der Waals surface area (Å²) in [5, 5.41) is 6.36. The van der Waals surface area contributed by atoms with E-state index in [1.165, 1.54) is 12.3 Å². The molecule has 0 saturated heterocycles. The van der Waals surface area contributed by atoms with Crippen LogP contribution in [0.1, 0.15) is 16.7 Å². The highest BCUT2D eigenvalue weighted by Gasteiger charge is 2.03. The maximum Gasteiger partial charge on any atom is 0.261 e. The molecule has 0 aliphatic rings. The lowest BCUT2D eigenvalue weighted by atomic mass is 10.1. The van der Waals surface area contributed by atoms with Gasteiger partial charge in [-0.05, 0) is 29.7 Å². The number of nitrogens with one attached hydrogen (secondary N) is 1. The van der Waals surface area contributed by atoms with Gasteiger partial charge in [-0.25, -0.2) is 4.39 Å². The zero-order chi connectivity index (χ0) is 15.8. The summed E-state index contributed by atoms with van der Waals surface area (Å²) in [7, 11) is 0. The van der Waals surface area contributed by atoms with Crippen LogP contribution in [0.4, 0.5) is 4.39 Å². The van der Waals surface area contributed by atoms with Crippen molar-refractivity contribution in [3.63, 3.8) is 0 Å². The monoisotopic (exact) mass is 300 g/mol. The Labute approximate surface area is 128 Å². The normalized spacial score (nSPS) is 10.6. The third kappa shape index (κ3) is 5.01. The van der Waals surface area contributed by atoms with Crippen LogP contribution in [0.25, 0.3) is 0 Å². The fourth-order valence-corrected chi connectivity index (χ4v) is 1.73. The molecule has 1 N–H and O–H groups in total. The third-order valence-corrected chi connectivity index (χ3v) is 3.00. The summed E-state index contributed by atoms with van der Waals surface area (Å²) in [5.41, 5.74) is 2.16. The highest BCUT2D eigenvalue weighted by atomic mass is 19.1. The van der Waals surface area contributed by atoms with Gasteiger partial charge in [0, 0.05) is 6.54 Å². The van der Waals surface area contributed by atoms with Crippen molar-refractivity contribution in [3.8, 4) is 0 Å². The number of benzene rings is 2. The fourth-order valence-electron chi connectivity index (χ4n) is 1.73. The van der Waals surface area contributed by atoms with E-state index in [2.05, 4.69) is 10.5 Å². The number of oxime groups is 1. The molecule has 0 heterocycles. The first-order chi connectivity index (χ1) is 10.6. The topological polar surface area (TPSA) is 50.7 Å². The second-order valence-corrected chi connectivity index (χ2v) is 4.78. The van der Waals surface area contributed by atoms with Crippen molar-refractivity contribution in [2.24, 2.45) is 5.16 Å². The number of hydrogen-bond donors (Lipinski definition) is 1. The summed E-state index contributed by atoms with van der Waals surface area (Å²) < 4.78 is 13.4. The Morgan fingerprint density at radius 2 is 2.05 bits per heavy atom. The number of rotatable bonds is 6. The Balaban J connectivity index is 1.72. The van der Waals surface area contributed by atoms with Crippen LogP contribution in [0.5, 0.6) is 0 Å². The van der Waals surface area contributed by atoms with E-state index in [1.54, 1.807) is 19.1 Å². The summed E-state index contributed by atoms with van der Waals surface area (Å²) in [6, 6.07) is 14.3. The number of halogens is 1. The Morgan fingerprint density at radius 1 is 1.27 bits per heavy atom. The van der Waals surface area contributed by atoms with Gasteiger partial charge in [-0.2, -0.15) is 0 Å². The predicted octanol–water partition coefficient (Wildman–Crippen LogP) is 2.80. The van der Waals surface area contributed by atoms with E-state index in [1.807, 2.05) is 30.3 Å². The van der Waals surface area contributed by atoms with Crippen LogP contribution in [0.3, 0.4) is 0 Å². The van der Waals surface area contributed by atoms with Gasteiger partial charge < -0.3 is 10.2 Å². The SMILES string of the molecule is Cc1ccc(CNC(=O)CO/N=C/c2ccccc2)cc1F. The quantitative estimate of drug-likeness (QED) is 0.659. The molecule has 4 nitrogen and oxygen atoms in total. The summed E-state index contributed by atoms with van der Waals surface area (Å²) in [4.78, 5) is 16.5. The van der Waals surface area contributed by atoms with Gasteiger partial charge in [0.25, 0.3) is 5.91 Å². The molecule has 22 heavy (non-hydrogen) atoms. The molecule has 0 atom stereocenters. The molecule has 0 aliphatic carbocycles. The van der Waals surface area contributed by atoms with Crippen LogP contribution < -0.4 is 5.32 Å². The standard InChI is InChI=1S/C17H17FN2O2/c1-13-7-8-15(9-16(13)18)10-19-17(21)12-22-20-11-14-5-3-2-4-6-14/h2-9,11H,10,12H2,1H3,(H,19,21)/b20-11+. The highest BCUT2D eigenvalue weighted by Crippen LogP contribution is 2.08. The molecule has 5 heteroatoms. The molecule has 114 valence electrons. The molecule has 0 fully saturated rings. The van der Waals surface area contributed by atoms with E-state index in [9.17, 15) is 9.18 Å². The molecule has 0 radical (unpaired) electrons. The van der Waals surface area contributed by atoms with Crippen molar-refractivity contribution in [1.82, 2.24) is 5.32 Å². The van der Waals surface area contributed by atoms with E-state index < -0.39 is 0 Å². The molecule has 0 aliphatic heterocycles. The first-order valence-corrected chi connectivity index (χ1v) is 6.87. The van der Waals surface area contributed by atoms with Crippen molar-refractivity contribution in [2.75, 3.05) is 6.61 Å². The number of carbonyl (C=O) groups is 1. The molecule has 2 rings (SSSR count). The van der Waals surface area contributed by atoms with Crippen molar-refractivity contribution >= 4 is 12.1 Å². The van der Waals surface area contributed by atoms with Crippen molar-refractivity contribution in [3.05, 3.63) is 71.0 Å². The Morgan fingerprint density at radius 3 is 2.77 bits per heavy atom. The van der Waals surface area contributed by atoms with Gasteiger partial charge in [-0.15, -0.1) is 0 Å². The van der Waals surface area contributed by atoms with Gasteiger partial charge >= 0.3 is 0 Å². The van der Waals surface area contributed by atoms with E-state index in [0.29, 0.717) is 11.1 Å². The molecule has 1 amide bonds. The lowest BCUT2D eigenvalue weighted by Gasteiger charge is -2.05. The smallest absolute Gasteiger partial charge is 0.261 e. The lowest BCUT2D eigenvalue weighted by molar-refractivity contribution is -0.125. The number of carbonyl (C=O) groups excluding carboxylic acids is 1. The molecule has 2 aromatic rings.